The molecular weight excluding hydrogens is 260 g/mol. The summed E-state index contributed by atoms with van der Waals surface area (Å²) in [5.74, 6) is -2.14. The van der Waals surface area contributed by atoms with Crippen molar-refractivity contribution in [2.45, 2.75) is 57.4 Å². The second-order valence-corrected chi connectivity index (χ2v) is 5.82. The van der Waals surface area contributed by atoms with E-state index in [4.69, 9.17) is 16.6 Å². The van der Waals surface area contributed by atoms with Crippen LogP contribution in [-0.4, -0.2) is 34.7 Å². The lowest BCUT2D eigenvalue weighted by molar-refractivity contribution is -0.157. The Morgan fingerprint density at radius 1 is 1.15 bits per heavy atom. The predicted octanol–water partition coefficient (Wildman–Crippen LogP) is 1.18. The number of carboxylic acids is 2. The Bertz CT molecular complexity index is 338. The number of hydrogen-bond acceptors (Lipinski definition) is 4. The number of aliphatic carboxylic acids is 2. The van der Waals surface area contributed by atoms with E-state index < -0.39 is 29.3 Å². The Kier molecular flexibility index (Phi) is 6.42. The third-order valence-corrected chi connectivity index (χ3v) is 4.58. The van der Waals surface area contributed by atoms with Crippen molar-refractivity contribution in [2.24, 2.45) is 22.8 Å². The monoisotopic (exact) mass is 286 g/mol. The molecule has 0 heterocycles. The average Bonchev–Trinajstić information content (AvgIpc) is 2.43. The fourth-order valence-electron chi connectivity index (χ4n) is 3.08. The van der Waals surface area contributed by atoms with Gasteiger partial charge in [0, 0.05) is 6.04 Å². The van der Waals surface area contributed by atoms with E-state index in [0.29, 0.717) is 38.6 Å². The maximum Gasteiger partial charge on any atom is 0.311 e. The molecule has 0 aromatic carbocycles. The Morgan fingerprint density at radius 2 is 1.75 bits per heavy atom. The normalized spacial score (nSPS) is 28.0. The standard InChI is InChI=1S/C14H26N2O4/c15-9-3-1-2-4-11(16)14(13(19)20)7-5-10(6-8-14)12(17)18/h10-11H,1-9,15-16H2,(H,17,18)(H,19,20). The van der Waals surface area contributed by atoms with Gasteiger partial charge in [0.05, 0.1) is 11.3 Å². The van der Waals surface area contributed by atoms with Gasteiger partial charge in [-0.05, 0) is 45.1 Å². The van der Waals surface area contributed by atoms with Crippen LogP contribution in [-0.2, 0) is 9.59 Å². The molecule has 1 saturated carbocycles. The van der Waals surface area contributed by atoms with Gasteiger partial charge in [-0.3, -0.25) is 9.59 Å². The highest BCUT2D eigenvalue weighted by atomic mass is 16.4. The summed E-state index contributed by atoms with van der Waals surface area (Å²) in [6.45, 7) is 0.638. The lowest BCUT2D eigenvalue weighted by Gasteiger charge is -2.40. The number of carbonyl (C=O) groups is 2. The summed E-state index contributed by atoms with van der Waals surface area (Å²) in [6.07, 6.45) is 4.93. The number of nitrogens with two attached hydrogens (primary N) is 2. The molecule has 0 radical (unpaired) electrons. The van der Waals surface area contributed by atoms with Gasteiger partial charge in [0.15, 0.2) is 0 Å². The second kappa shape index (κ2) is 7.59. The van der Waals surface area contributed by atoms with Crippen molar-refractivity contribution in [1.29, 1.82) is 0 Å². The molecule has 6 N–H and O–H groups in total. The lowest BCUT2D eigenvalue weighted by atomic mass is 9.65. The summed E-state index contributed by atoms with van der Waals surface area (Å²) in [5.41, 5.74) is 10.6. The number of rotatable bonds is 8. The number of hydrogen-bond donors (Lipinski definition) is 4. The number of carboxylic acid groups (broad SMARTS) is 2. The SMILES string of the molecule is NCCCCCC(N)C1(C(=O)O)CCC(C(=O)O)CC1. The van der Waals surface area contributed by atoms with E-state index in [1.165, 1.54) is 0 Å². The van der Waals surface area contributed by atoms with Crippen LogP contribution in [0.2, 0.25) is 0 Å². The molecule has 0 aliphatic heterocycles. The molecule has 0 saturated heterocycles. The number of unbranched alkanes of at least 4 members (excludes halogenated alkanes) is 2. The van der Waals surface area contributed by atoms with Crippen LogP contribution in [0.25, 0.3) is 0 Å². The molecule has 6 nitrogen and oxygen atoms in total. The lowest BCUT2D eigenvalue weighted by Crippen LogP contribution is -2.50. The molecule has 6 heteroatoms. The molecule has 1 unspecified atom stereocenters. The van der Waals surface area contributed by atoms with Crippen LogP contribution >= 0.6 is 0 Å². The third-order valence-electron chi connectivity index (χ3n) is 4.58. The summed E-state index contributed by atoms with van der Waals surface area (Å²) < 4.78 is 0. The highest BCUT2D eigenvalue weighted by Crippen LogP contribution is 2.42. The second-order valence-electron chi connectivity index (χ2n) is 5.82. The minimum atomic E-state index is -0.950. The molecule has 1 aliphatic rings. The zero-order valence-electron chi connectivity index (χ0n) is 11.9. The Labute approximate surface area is 119 Å². The van der Waals surface area contributed by atoms with E-state index in [1.807, 2.05) is 0 Å². The summed E-state index contributed by atoms with van der Waals surface area (Å²) in [4.78, 5) is 22.6. The summed E-state index contributed by atoms with van der Waals surface area (Å²) >= 11 is 0. The minimum absolute atomic E-state index is 0.358. The molecule has 0 aromatic heterocycles. The maximum atomic E-state index is 11.6. The molecule has 0 bridgehead atoms. The molecule has 20 heavy (non-hydrogen) atoms. The zero-order valence-corrected chi connectivity index (χ0v) is 11.9. The Balaban J connectivity index is 2.60. The van der Waals surface area contributed by atoms with Gasteiger partial charge in [-0.2, -0.15) is 0 Å². The fraction of sp³-hybridized carbons (Fsp3) is 0.857. The van der Waals surface area contributed by atoms with Crippen molar-refractivity contribution in [2.75, 3.05) is 6.54 Å². The first-order valence-electron chi connectivity index (χ1n) is 7.36. The molecule has 1 rings (SSSR count). The van der Waals surface area contributed by atoms with Crippen molar-refractivity contribution < 1.29 is 19.8 Å². The van der Waals surface area contributed by atoms with Crippen LogP contribution < -0.4 is 11.5 Å². The molecule has 0 amide bonds. The van der Waals surface area contributed by atoms with Gasteiger partial charge >= 0.3 is 11.9 Å². The molecule has 1 atom stereocenters. The van der Waals surface area contributed by atoms with Crippen LogP contribution in [0.1, 0.15) is 51.4 Å². The van der Waals surface area contributed by atoms with Crippen LogP contribution in [0.3, 0.4) is 0 Å². The van der Waals surface area contributed by atoms with E-state index in [1.54, 1.807) is 0 Å². The van der Waals surface area contributed by atoms with E-state index in [0.717, 1.165) is 19.3 Å². The molecule has 0 aromatic rings. The van der Waals surface area contributed by atoms with Crippen LogP contribution in [0.5, 0.6) is 0 Å². The van der Waals surface area contributed by atoms with Crippen molar-refractivity contribution in [3.05, 3.63) is 0 Å². The molecule has 1 aliphatic carbocycles. The third kappa shape index (κ3) is 3.93. The van der Waals surface area contributed by atoms with Crippen molar-refractivity contribution in [3.63, 3.8) is 0 Å². The smallest absolute Gasteiger partial charge is 0.311 e. The van der Waals surface area contributed by atoms with Crippen LogP contribution in [0, 0.1) is 11.3 Å². The first-order chi connectivity index (χ1) is 9.44. The fourth-order valence-corrected chi connectivity index (χ4v) is 3.08. The average molecular weight is 286 g/mol. The molecule has 1 fully saturated rings. The van der Waals surface area contributed by atoms with E-state index >= 15 is 0 Å². The van der Waals surface area contributed by atoms with Gasteiger partial charge in [0.2, 0.25) is 0 Å². The van der Waals surface area contributed by atoms with E-state index in [2.05, 4.69) is 0 Å². The molecule has 0 spiro atoms. The maximum absolute atomic E-state index is 11.6. The van der Waals surface area contributed by atoms with Gasteiger partial charge in [-0.25, -0.2) is 0 Å². The highest BCUT2D eigenvalue weighted by Gasteiger charge is 2.47. The Hall–Kier alpha value is -1.14. The summed E-state index contributed by atoms with van der Waals surface area (Å²) in [5, 5.41) is 18.5. The zero-order chi connectivity index (χ0) is 15.2. The van der Waals surface area contributed by atoms with Gasteiger partial charge in [0.1, 0.15) is 0 Å². The molecular formula is C14H26N2O4. The Morgan fingerprint density at radius 3 is 2.20 bits per heavy atom. The first-order valence-corrected chi connectivity index (χ1v) is 7.36. The summed E-state index contributed by atoms with van der Waals surface area (Å²) in [7, 11) is 0. The van der Waals surface area contributed by atoms with Crippen molar-refractivity contribution >= 4 is 11.9 Å². The van der Waals surface area contributed by atoms with Gasteiger partial charge in [-0.15, -0.1) is 0 Å². The van der Waals surface area contributed by atoms with E-state index in [9.17, 15) is 14.7 Å². The summed E-state index contributed by atoms with van der Waals surface area (Å²) in [6, 6.07) is -0.410. The van der Waals surface area contributed by atoms with Crippen molar-refractivity contribution in [1.82, 2.24) is 0 Å². The topological polar surface area (TPSA) is 127 Å². The minimum Gasteiger partial charge on any atom is -0.481 e. The van der Waals surface area contributed by atoms with Gasteiger partial charge < -0.3 is 21.7 Å². The van der Waals surface area contributed by atoms with Crippen LogP contribution in [0.4, 0.5) is 0 Å². The van der Waals surface area contributed by atoms with Crippen molar-refractivity contribution in [3.8, 4) is 0 Å². The van der Waals surface area contributed by atoms with Crippen LogP contribution in [0.15, 0.2) is 0 Å². The quantitative estimate of drug-likeness (QED) is 0.496. The van der Waals surface area contributed by atoms with Gasteiger partial charge in [-0.1, -0.05) is 12.8 Å². The van der Waals surface area contributed by atoms with E-state index in [-0.39, 0.29) is 0 Å². The van der Waals surface area contributed by atoms with Gasteiger partial charge in [0.25, 0.3) is 0 Å². The first kappa shape index (κ1) is 16.9. The highest BCUT2D eigenvalue weighted by molar-refractivity contribution is 5.77. The largest absolute Gasteiger partial charge is 0.481 e. The molecule has 116 valence electrons. The predicted molar refractivity (Wildman–Crippen MR) is 75.2 cm³/mol.